The number of hydrogen-bond acceptors (Lipinski definition) is 3. The van der Waals surface area contributed by atoms with E-state index in [1.807, 2.05) is 6.92 Å². The summed E-state index contributed by atoms with van der Waals surface area (Å²) in [5, 5.41) is 15.7. The highest BCUT2D eigenvalue weighted by Crippen LogP contribution is 2.18. The minimum absolute atomic E-state index is 0.161. The summed E-state index contributed by atoms with van der Waals surface area (Å²) >= 11 is 0. The standard InChI is InChI=1S/C11H15N3O3/c1-7-5-8(13-12-7)6-10(15)14-4-2-3-9(14)11(16)17/h5,9H,2-4,6H2,1H3,(H,12,13)(H,16,17)/t9-/m0/s1. The lowest BCUT2D eigenvalue weighted by atomic mass is 10.2. The summed E-state index contributed by atoms with van der Waals surface area (Å²) in [7, 11) is 0. The summed E-state index contributed by atoms with van der Waals surface area (Å²) in [6.45, 7) is 2.39. The van der Waals surface area contributed by atoms with Crippen molar-refractivity contribution in [1.29, 1.82) is 0 Å². The second-order valence-electron chi connectivity index (χ2n) is 4.30. The van der Waals surface area contributed by atoms with Gasteiger partial charge in [-0.1, -0.05) is 0 Å². The molecule has 1 aliphatic heterocycles. The molecule has 1 atom stereocenters. The van der Waals surface area contributed by atoms with Crippen molar-refractivity contribution in [2.24, 2.45) is 0 Å². The van der Waals surface area contributed by atoms with Gasteiger partial charge in [0.05, 0.1) is 12.1 Å². The fourth-order valence-corrected chi connectivity index (χ4v) is 2.14. The summed E-state index contributed by atoms with van der Waals surface area (Å²) < 4.78 is 0. The number of nitrogens with zero attached hydrogens (tertiary/aromatic N) is 2. The number of aryl methyl sites for hydroxylation is 1. The minimum atomic E-state index is -0.922. The van der Waals surface area contributed by atoms with E-state index in [0.29, 0.717) is 18.7 Å². The van der Waals surface area contributed by atoms with Gasteiger partial charge in [-0.3, -0.25) is 9.89 Å². The number of aliphatic carboxylic acids is 1. The maximum Gasteiger partial charge on any atom is 0.326 e. The van der Waals surface area contributed by atoms with Crippen molar-refractivity contribution >= 4 is 11.9 Å². The predicted octanol–water partition coefficient (Wildman–Crippen LogP) is 0.336. The molecule has 6 nitrogen and oxygen atoms in total. The summed E-state index contributed by atoms with van der Waals surface area (Å²) in [5.41, 5.74) is 1.55. The quantitative estimate of drug-likeness (QED) is 0.793. The van der Waals surface area contributed by atoms with Crippen molar-refractivity contribution in [2.75, 3.05) is 6.54 Å². The van der Waals surface area contributed by atoms with Gasteiger partial charge >= 0.3 is 5.97 Å². The zero-order valence-electron chi connectivity index (χ0n) is 9.64. The highest BCUT2D eigenvalue weighted by Gasteiger charge is 2.33. The van der Waals surface area contributed by atoms with Crippen molar-refractivity contribution in [2.45, 2.75) is 32.2 Å². The number of hydrogen-bond donors (Lipinski definition) is 2. The molecule has 0 aromatic carbocycles. The van der Waals surface area contributed by atoms with E-state index in [4.69, 9.17) is 5.11 Å². The van der Waals surface area contributed by atoms with Crippen LogP contribution in [0.3, 0.4) is 0 Å². The maximum absolute atomic E-state index is 11.9. The van der Waals surface area contributed by atoms with Gasteiger partial charge in [-0.2, -0.15) is 5.10 Å². The molecule has 1 saturated heterocycles. The number of aromatic nitrogens is 2. The van der Waals surface area contributed by atoms with Gasteiger partial charge in [0.1, 0.15) is 6.04 Å². The van der Waals surface area contributed by atoms with Crippen LogP contribution in [0.1, 0.15) is 24.2 Å². The highest BCUT2D eigenvalue weighted by molar-refractivity contribution is 5.85. The number of likely N-dealkylation sites (tertiary alicyclic amines) is 1. The van der Waals surface area contributed by atoms with Crippen LogP contribution in [0.15, 0.2) is 6.07 Å². The van der Waals surface area contributed by atoms with Gasteiger partial charge in [-0.15, -0.1) is 0 Å². The molecular weight excluding hydrogens is 222 g/mol. The lowest BCUT2D eigenvalue weighted by Gasteiger charge is -2.20. The van der Waals surface area contributed by atoms with E-state index in [9.17, 15) is 9.59 Å². The summed E-state index contributed by atoms with van der Waals surface area (Å²) in [6.07, 6.45) is 1.46. The molecule has 2 heterocycles. The zero-order valence-corrected chi connectivity index (χ0v) is 9.64. The Labute approximate surface area is 98.6 Å². The average Bonchev–Trinajstić information content (AvgIpc) is 2.86. The van der Waals surface area contributed by atoms with Crippen LogP contribution < -0.4 is 0 Å². The summed E-state index contributed by atoms with van der Waals surface area (Å²) in [5.74, 6) is -1.09. The molecular formula is C11H15N3O3. The van der Waals surface area contributed by atoms with Crippen LogP contribution in [0.2, 0.25) is 0 Å². The molecule has 1 aromatic heterocycles. The van der Waals surface area contributed by atoms with Crippen LogP contribution in [-0.4, -0.2) is 44.7 Å². The van der Waals surface area contributed by atoms with Crippen molar-refractivity contribution < 1.29 is 14.7 Å². The fraction of sp³-hybridized carbons (Fsp3) is 0.545. The molecule has 2 rings (SSSR count). The lowest BCUT2D eigenvalue weighted by Crippen LogP contribution is -2.41. The number of rotatable bonds is 3. The number of H-pyrrole nitrogens is 1. The van der Waals surface area contributed by atoms with Gasteiger partial charge in [0.15, 0.2) is 0 Å². The van der Waals surface area contributed by atoms with Gasteiger partial charge in [0, 0.05) is 12.2 Å². The third kappa shape index (κ3) is 2.46. The summed E-state index contributed by atoms with van der Waals surface area (Å²) in [6, 6.07) is 1.13. The molecule has 0 unspecified atom stereocenters. The molecule has 1 aromatic rings. The molecule has 0 radical (unpaired) electrons. The van der Waals surface area contributed by atoms with Gasteiger partial charge in [0.25, 0.3) is 0 Å². The number of nitrogens with one attached hydrogen (secondary N) is 1. The first-order valence-electron chi connectivity index (χ1n) is 5.61. The second kappa shape index (κ2) is 4.57. The van der Waals surface area contributed by atoms with Gasteiger partial charge < -0.3 is 10.0 Å². The molecule has 0 saturated carbocycles. The van der Waals surface area contributed by atoms with Crippen LogP contribution >= 0.6 is 0 Å². The van der Waals surface area contributed by atoms with Crippen molar-refractivity contribution in [1.82, 2.24) is 15.1 Å². The molecule has 17 heavy (non-hydrogen) atoms. The first-order valence-corrected chi connectivity index (χ1v) is 5.61. The molecule has 0 spiro atoms. The Morgan fingerprint density at radius 3 is 3.00 bits per heavy atom. The Balaban J connectivity index is 2.02. The second-order valence-corrected chi connectivity index (χ2v) is 4.30. The molecule has 2 N–H and O–H groups in total. The molecule has 0 bridgehead atoms. The van der Waals surface area contributed by atoms with E-state index >= 15 is 0 Å². The molecule has 6 heteroatoms. The predicted molar refractivity (Wildman–Crippen MR) is 59.4 cm³/mol. The lowest BCUT2D eigenvalue weighted by molar-refractivity contribution is -0.148. The van der Waals surface area contributed by atoms with E-state index in [-0.39, 0.29) is 12.3 Å². The SMILES string of the molecule is Cc1cc(CC(=O)N2CCC[C@H]2C(=O)O)n[nH]1. The molecule has 1 aliphatic rings. The highest BCUT2D eigenvalue weighted by atomic mass is 16.4. The Kier molecular flexibility index (Phi) is 3.12. The van der Waals surface area contributed by atoms with Gasteiger partial charge in [-0.05, 0) is 25.8 Å². The van der Waals surface area contributed by atoms with Crippen LogP contribution in [0.4, 0.5) is 0 Å². The van der Waals surface area contributed by atoms with E-state index in [2.05, 4.69) is 10.2 Å². The smallest absolute Gasteiger partial charge is 0.326 e. The van der Waals surface area contributed by atoms with E-state index in [0.717, 1.165) is 12.1 Å². The van der Waals surface area contributed by atoms with Crippen molar-refractivity contribution in [3.8, 4) is 0 Å². The van der Waals surface area contributed by atoms with Gasteiger partial charge in [-0.25, -0.2) is 4.79 Å². The van der Waals surface area contributed by atoms with E-state index < -0.39 is 12.0 Å². The monoisotopic (exact) mass is 237 g/mol. The Morgan fingerprint density at radius 2 is 2.41 bits per heavy atom. The largest absolute Gasteiger partial charge is 0.480 e. The molecule has 1 amide bonds. The van der Waals surface area contributed by atoms with Crippen molar-refractivity contribution in [3.63, 3.8) is 0 Å². The first kappa shape index (κ1) is 11.6. The number of amides is 1. The number of carbonyl (C=O) groups excluding carboxylic acids is 1. The van der Waals surface area contributed by atoms with E-state index in [1.165, 1.54) is 4.90 Å². The molecule has 1 fully saturated rings. The van der Waals surface area contributed by atoms with Crippen LogP contribution in [0.25, 0.3) is 0 Å². The third-order valence-corrected chi connectivity index (χ3v) is 2.95. The normalized spacial score (nSPS) is 19.6. The molecule has 92 valence electrons. The number of aromatic amines is 1. The number of carboxylic acid groups (broad SMARTS) is 1. The number of carbonyl (C=O) groups is 2. The fourth-order valence-electron chi connectivity index (χ4n) is 2.14. The Bertz CT molecular complexity index is 441. The molecule has 0 aliphatic carbocycles. The Hall–Kier alpha value is -1.85. The maximum atomic E-state index is 11.9. The topological polar surface area (TPSA) is 86.3 Å². The van der Waals surface area contributed by atoms with Crippen molar-refractivity contribution in [3.05, 3.63) is 17.5 Å². The minimum Gasteiger partial charge on any atom is -0.480 e. The number of carboxylic acids is 1. The van der Waals surface area contributed by atoms with Crippen LogP contribution in [-0.2, 0) is 16.0 Å². The van der Waals surface area contributed by atoms with Crippen LogP contribution in [0.5, 0.6) is 0 Å². The van der Waals surface area contributed by atoms with E-state index in [1.54, 1.807) is 6.07 Å². The first-order chi connectivity index (χ1) is 8.08. The summed E-state index contributed by atoms with van der Waals surface area (Å²) in [4.78, 5) is 24.3. The van der Waals surface area contributed by atoms with Gasteiger partial charge in [0.2, 0.25) is 5.91 Å². The Morgan fingerprint density at radius 1 is 1.65 bits per heavy atom. The third-order valence-electron chi connectivity index (χ3n) is 2.95. The zero-order chi connectivity index (χ0) is 12.4. The van der Waals surface area contributed by atoms with Crippen LogP contribution in [0, 0.1) is 6.92 Å². The average molecular weight is 237 g/mol.